The Morgan fingerprint density at radius 2 is 1.90 bits per heavy atom. The van der Waals surface area contributed by atoms with Gasteiger partial charge in [-0.3, -0.25) is 9.78 Å². The van der Waals surface area contributed by atoms with Crippen molar-refractivity contribution in [3.8, 4) is 0 Å². The lowest BCUT2D eigenvalue weighted by Gasteiger charge is -2.03. The van der Waals surface area contributed by atoms with Gasteiger partial charge in [0.05, 0.1) is 11.1 Å². The largest absolute Gasteiger partial charge is 0.417 e. The predicted octanol–water partition coefficient (Wildman–Crippen LogP) is 2.63. The number of benzene rings is 2. The fourth-order valence-corrected chi connectivity index (χ4v) is 1.91. The molecule has 0 bridgehead atoms. The molecule has 1 aromatic heterocycles. The Kier molecular flexibility index (Phi) is 2.71. The zero-order valence-corrected chi connectivity index (χ0v) is 9.94. The van der Waals surface area contributed by atoms with Gasteiger partial charge in [0.25, 0.3) is 0 Å². The minimum absolute atomic E-state index is 0.102. The molecule has 3 aromatic rings. The third kappa shape index (κ3) is 2.01. The molecule has 0 aliphatic rings. The lowest BCUT2D eigenvalue weighted by molar-refractivity contribution is 0.103. The number of carbonyl (C=O) groups excluding carboxylic acids is 1. The van der Waals surface area contributed by atoms with Crippen LogP contribution in [0.1, 0.15) is 15.9 Å². The quantitative estimate of drug-likeness (QED) is 0.731. The van der Waals surface area contributed by atoms with E-state index < -0.39 is 23.2 Å². The summed E-state index contributed by atoms with van der Waals surface area (Å²) in [6, 6.07) is 6.82. The van der Waals surface area contributed by atoms with Crippen LogP contribution in [-0.4, -0.2) is 10.8 Å². The normalized spacial score (nSPS) is 10.9. The molecule has 1 N–H and O–H groups in total. The van der Waals surface area contributed by atoms with Crippen LogP contribution in [0, 0.1) is 11.6 Å². The van der Waals surface area contributed by atoms with Crippen LogP contribution in [0.5, 0.6) is 0 Å². The monoisotopic (exact) mass is 275 g/mol. The molecule has 3 rings (SSSR count). The third-order valence-electron chi connectivity index (χ3n) is 2.86. The number of aromatic nitrogens is 1. The molecule has 4 nitrogen and oxygen atoms in total. The van der Waals surface area contributed by atoms with Crippen molar-refractivity contribution in [3.63, 3.8) is 0 Å². The average molecular weight is 275 g/mol. The Bertz CT molecular complexity index is 880. The highest BCUT2D eigenvalue weighted by molar-refractivity contribution is 6.10. The van der Waals surface area contributed by atoms with Crippen molar-refractivity contribution in [2.75, 3.05) is 0 Å². The van der Waals surface area contributed by atoms with Gasteiger partial charge in [0, 0.05) is 5.56 Å². The molecule has 0 amide bonds. The Labute approximate surface area is 110 Å². The summed E-state index contributed by atoms with van der Waals surface area (Å²) in [6.45, 7) is 0. The lowest BCUT2D eigenvalue weighted by Crippen LogP contribution is -2.04. The molecular formula is C14H7F2NO3. The van der Waals surface area contributed by atoms with E-state index in [1.807, 2.05) is 0 Å². The van der Waals surface area contributed by atoms with Gasteiger partial charge in [0.15, 0.2) is 11.4 Å². The maximum atomic E-state index is 13.6. The number of ketones is 1. The van der Waals surface area contributed by atoms with Crippen LogP contribution >= 0.6 is 0 Å². The number of halogens is 2. The number of hydrogen-bond donors (Lipinski definition) is 1. The molecule has 20 heavy (non-hydrogen) atoms. The lowest BCUT2D eigenvalue weighted by atomic mass is 10.0. The van der Waals surface area contributed by atoms with E-state index in [1.54, 1.807) is 0 Å². The number of nitrogens with one attached hydrogen (secondary N) is 1. The first-order valence-corrected chi connectivity index (χ1v) is 5.67. The highest BCUT2D eigenvalue weighted by Gasteiger charge is 2.16. The van der Waals surface area contributed by atoms with E-state index in [1.165, 1.54) is 18.2 Å². The molecule has 0 unspecified atom stereocenters. The van der Waals surface area contributed by atoms with Gasteiger partial charge >= 0.3 is 5.76 Å². The Hall–Kier alpha value is -2.76. The first-order valence-electron chi connectivity index (χ1n) is 5.67. The molecule has 6 heteroatoms. The summed E-state index contributed by atoms with van der Waals surface area (Å²) < 4.78 is 31.5. The van der Waals surface area contributed by atoms with Crippen molar-refractivity contribution in [3.05, 3.63) is 69.7 Å². The summed E-state index contributed by atoms with van der Waals surface area (Å²) >= 11 is 0. The summed E-state index contributed by atoms with van der Waals surface area (Å²) in [5.41, 5.74) is 0.330. The number of carbonyl (C=O) groups is 1. The molecule has 0 aliphatic heterocycles. The number of H-pyrrole nitrogens is 1. The molecule has 0 fully saturated rings. The van der Waals surface area contributed by atoms with Gasteiger partial charge in [-0.1, -0.05) is 0 Å². The number of rotatable bonds is 2. The first-order chi connectivity index (χ1) is 9.54. The van der Waals surface area contributed by atoms with Crippen molar-refractivity contribution in [1.82, 2.24) is 4.98 Å². The van der Waals surface area contributed by atoms with E-state index in [-0.39, 0.29) is 16.7 Å². The standard InChI is InChI=1S/C14H7F2NO3/c15-8-2-3-10(16)9(6-8)13(18)7-1-4-11-12(5-7)20-14(19)17-11/h1-6H,(H,17,19). The van der Waals surface area contributed by atoms with Gasteiger partial charge in [-0.05, 0) is 36.4 Å². The van der Waals surface area contributed by atoms with Gasteiger partial charge in [0.1, 0.15) is 11.6 Å². The second-order valence-electron chi connectivity index (χ2n) is 4.18. The molecule has 0 spiro atoms. The molecule has 0 saturated carbocycles. The van der Waals surface area contributed by atoms with Gasteiger partial charge in [0.2, 0.25) is 0 Å². The zero-order valence-electron chi connectivity index (χ0n) is 9.94. The maximum Gasteiger partial charge on any atom is 0.417 e. The van der Waals surface area contributed by atoms with E-state index in [9.17, 15) is 18.4 Å². The van der Waals surface area contributed by atoms with Crippen LogP contribution in [0.4, 0.5) is 8.78 Å². The van der Waals surface area contributed by atoms with Gasteiger partial charge in [-0.25, -0.2) is 13.6 Å². The molecule has 0 radical (unpaired) electrons. The summed E-state index contributed by atoms with van der Waals surface area (Å²) in [4.78, 5) is 25.6. The minimum atomic E-state index is -0.813. The number of aromatic amines is 1. The molecule has 0 saturated heterocycles. The second-order valence-corrected chi connectivity index (χ2v) is 4.18. The topological polar surface area (TPSA) is 63.1 Å². The molecule has 100 valence electrons. The second kappa shape index (κ2) is 4.41. The first kappa shape index (κ1) is 12.3. The molecule has 0 aliphatic carbocycles. The van der Waals surface area contributed by atoms with E-state index in [0.29, 0.717) is 5.52 Å². The van der Waals surface area contributed by atoms with Gasteiger partial charge in [-0.2, -0.15) is 0 Å². The molecule has 0 atom stereocenters. The Balaban J connectivity index is 2.12. The van der Waals surface area contributed by atoms with Crippen LogP contribution in [-0.2, 0) is 0 Å². The van der Waals surface area contributed by atoms with Crippen LogP contribution < -0.4 is 5.76 Å². The van der Waals surface area contributed by atoms with Crippen LogP contribution in [0.3, 0.4) is 0 Å². The van der Waals surface area contributed by atoms with Crippen molar-refractivity contribution in [1.29, 1.82) is 0 Å². The van der Waals surface area contributed by atoms with Crippen molar-refractivity contribution < 1.29 is 18.0 Å². The molecular weight excluding hydrogens is 268 g/mol. The van der Waals surface area contributed by atoms with Gasteiger partial charge < -0.3 is 4.42 Å². The smallest absolute Gasteiger partial charge is 0.408 e. The predicted molar refractivity (Wildman–Crippen MR) is 66.6 cm³/mol. The number of fused-ring (bicyclic) bond motifs is 1. The van der Waals surface area contributed by atoms with E-state index in [2.05, 4.69) is 4.98 Å². The maximum absolute atomic E-state index is 13.6. The summed E-state index contributed by atoms with van der Waals surface area (Å²) in [5.74, 6) is -2.86. The summed E-state index contributed by atoms with van der Waals surface area (Å²) in [5, 5.41) is 0. The number of oxazole rings is 1. The minimum Gasteiger partial charge on any atom is -0.408 e. The summed E-state index contributed by atoms with van der Waals surface area (Å²) in [7, 11) is 0. The Morgan fingerprint density at radius 3 is 2.70 bits per heavy atom. The van der Waals surface area contributed by atoms with E-state index in [0.717, 1.165) is 18.2 Å². The van der Waals surface area contributed by atoms with E-state index >= 15 is 0 Å². The zero-order chi connectivity index (χ0) is 14.3. The third-order valence-corrected chi connectivity index (χ3v) is 2.86. The Morgan fingerprint density at radius 1 is 1.10 bits per heavy atom. The highest BCUT2D eigenvalue weighted by Crippen LogP contribution is 2.18. The van der Waals surface area contributed by atoms with Crippen molar-refractivity contribution in [2.24, 2.45) is 0 Å². The average Bonchev–Trinajstić information content (AvgIpc) is 2.79. The van der Waals surface area contributed by atoms with Crippen molar-refractivity contribution in [2.45, 2.75) is 0 Å². The van der Waals surface area contributed by atoms with Crippen LogP contribution in [0.15, 0.2) is 45.6 Å². The fraction of sp³-hybridized carbons (Fsp3) is 0. The van der Waals surface area contributed by atoms with Crippen LogP contribution in [0.25, 0.3) is 11.1 Å². The SMILES string of the molecule is O=C(c1ccc2[nH]c(=O)oc2c1)c1cc(F)ccc1F. The van der Waals surface area contributed by atoms with Crippen LogP contribution in [0.2, 0.25) is 0 Å². The fourth-order valence-electron chi connectivity index (χ4n) is 1.91. The van der Waals surface area contributed by atoms with E-state index in [4.69, 9.17) is 4.42 Å². The highest BCUT2D eigenvalue weighted by atomic mass is 19.1. The van der Waals surface area contributed by atoms with Crippen molar-refractivity contribution >= 4 is 16.9 Å². The summed E-state index contributed by atoms with van der Waals surface area (Å²) in [6.07, 6.45) is 0. The van der Waals surface area contributed by atoms with Gasteiger partial charge in [-0.15, -0.1) is 0 Å². The molecule has 1 heterocycles. The molecule has 2 aromatic carbocycles. The number of hydrogen-bond acceptors (Lipinski definition) is 3.